The first-order valence-corrected chi connectivity index (χ1v) is 7.16. The van der Waals surface area contributed by atoms with Crippen molar-refractivity contribution in [2.75, 3.05) is 31.3 Å². The van der Waals surface area contributed by atoms with E-state index in [1.165, 1.54) is 0 Å². The lowest BCUT2D eigenvalue weighted by molar-refractivity contribution is 0.0958. The van der Waals surface area contributed by atoms with Gasteiger partial charge in [-0.15, -0.1) is 0 Å². The van der Waals surface area contributed by atoms with E-state index in [9.17, 15) is 18.4 Å². The summed E-state index contributed by atoms with van der Waals surface area (Å²) in [6.45, 7) is 0.284. The summed E-state index contributed by atoms with van der Waals surface area (Å²) in [6.07, 6.45) is 0. The summed E-state index contributed by atoms with van der Waals surface area (Å²) in [6, 6.07) is 8.35. The summed E-state index contributed by atoms with van der Waals surface area (Å²) < 4.78 is 26.5. The molecule has 24 heavy (non-hydrogen) atoms. The summed E-state index contributed by atoms with van der Waals surface area (Å²) in [7, 11) is 3.59. The zero-order chi connectivity index (χ0) is 17.7. The number of nitrogens with one attached hydrogen (secondary N) is 2. The minimum absolute atomic E-state index is 0.0437. The number of anilines is 2. The average molecular weight is 333 g/mol. The van der Waals surface area contributed by atoms with E-state index in [0.29, 0.717) is 11.3 Å². The maximum Gasteiger partial charge on any atom is 0.323 e. The molecular weight excluding hydrogens is 316 g/mol. The molecule has 0 saturated carbocycles. The van der Waals surface area contributed by atoms with Gasteiger partial charge in [0.25, 0.3) is 0 Å². The predicted octanol–water partition coefficient (Wildman–Crippen LogP) is 3.35. The molecule has 2 aromatic carbocycles. The van der Waals surface area contributed by atoms with Gasteiger partial charge < -0.3 is 15.5 Å². The van der Waals surface area contributed by atoms with Crippen molar-refractivity contribution in [1.29, 1.82) is 0 Å². The number of amides is 2. The second-order valence-corrected chi connectivity index (χ2v) is 5.44. The number of rotatable bonds is 5. The third kappa shape index (κ3) is 4.85. The van der Waals surface area contributed by atoms with E-state index in [-0.39, 0.29) is 18.0 Å². The van der Waals surface area contributed by atoms with E-state index in [4.69, 9.17) is 0 Å². The molecule has 126 valence electrons. The molecule has 0 unspecified atom stereocenters. The Morgan fingerprint density at radius 3 is 2.29 bits per heavy atom. The van der Waals surface area contributed by atoms with Gasteiger partial charge in [0.15, 0.2) is 5.78 Å². The summed E-state index contributed by atoms with van der Waals surface area (Å²) >= 11 is 0. The fourth-order valence-electron chi connectivity index (χ4n) is 2.00. The van der Waals surface area contributed by atoms with Crippen molar-refractivity contribution in [2.45, 2.75) is 0 Å². The SMILES string of the molecule is CN(C)CC(=O)c1ccc(NC(=O)Nc2cc(F)ccc2F)cc1. The summed E-state index contributed by atoms with van der Waals surface area (Å²) in [5, 5.41) is 4.71. The number of nitrogens with zero attached hydrogens (tertiary/aromatic N) is 1. The van der Waals surface area contributed by atoms with Crippen molar-refractivity contribution in [2.24, 2.45) is 0 Å². The van der Waals surface area contributed by atoms with Gasteiger partial charge in [0.2, 0.25) is 0 Å². The molecule has 0 spiro atoms. The molecule has 2 rings (SSSR count). The van der Waals surface area contributed by atoms with Crippen LogP contribution in [0, 0.1) is 11.6 Å². The van der Waals surface area contributed by atoms with Crippen molar-refractivity contribution in [1.82, 2.24) is 4.90 Å². The number of hydrogen-bond donors (Lipinski definition) is 2. The van der Waals surface area contributed by atoms with Gasteiger partial charge in [-0.25, -0.2) is 13.6 Å². The summed E-state index contributed by atoms with van der Waals surface area (Å²) in [5.74, 6) is -1.44. The molecule has 0 aromatic heterocycles. The number of halogens is 2. The van der Waals surface area contributed by atoms with Gasteiger partial charge in [-0.05, 0) is 50.5 Å². The van der Waals surface area contributed by atoms with Crippen LogP contribution in [0.3, 0.4) is 0 Å². The number of benzene rings is 2. The number of urea groups is 1. The van der Waals surface area contributed by atoms with Gasteiger partial charge in [0, 0.05) is 17.3 Å². The third-order valence-electron chi connectivity index (χ3n) is 3.10. The molecule has 0 aliphatic carbocycles. The van der Waals surface area contributed by atoms with E-state index in [2.05, 4.69) is 10.6 Å². The van der Waals surface area contributed by atoms with Crippen molar-refractivity contribution in [3.05, 3.63) is 59.7 Å². The molecule has 5 nitrogen and oxygen atoms in total. The quantitative estimate of drug-likeness (QED) is 0.825. The second kappa shape index (κ2) is 7.65. The van der Waals surface area contributed by atoms with Gasteiger partial charge in [0.05, 0.1) is 12.2 Å². The Morgan fingerprint density at radius 2 is 1.67 bits per heavy atom. The Bertz CT molecular complexity index is 746. The molecule has 2 aromatic rings. The van der Waals surface area contributed by atoms with Crippen molar-refractivity contribution in [3.63, 3.8) is 0 Å². The molecule has 0 aliphatic heterocycles. The highest BCUT2D eigenvalue weighted by Gasteiger charge is 2.10. The smallest absolute Gasteiger partial charge is 0.308 e. The number of carbonyl (C=O) groups is 2. The van der Waals surface area contributed by atoms with E-state index < -0.39 is 17.7 Å². The van der Waals surface area contributed by atoms with E-state index in [1.54, 1.807) is 43.3 Å². The first kappa shape index (κ1) is 17.6. The molecule has 7 heteroatoms. The second-order valence-electron chi connectivity index (χ2n) is 5.44. The first-order chi connectivity index (χ1) is 11.3. The monoisotopic (exact) mass is 333 g/mol. The Hall–Kier alpha value is -2.80. The van der Waals surface area contributed by atoms with Crippen LogP contribution in [0.15, 0.2) is 42.5 Å². The topological polar surface area (TPSA) is 61.4 Å². The number of hydrogen-bond acceptors (Lipinski definition) is 3. The molecular formula is C17H17F2N3O2. The highest BCUT2D eigenvalue weighted by molar-refractivity contribution is 6.01. The predicted molar refractivity (Wildman–Crippen MR) is 88.3 cm³/mol. The Labute approximate surface area is 138 Å². The van der Waals surface area contributed by atoms with Crippen LogP contribution in [0.2, 0.25) is 0 Å². The molecule has 0 saturated heterocycles. The number of carbonyl (C=O) groups excluding carboxylic acids is 2. The number of ketones is 1. The van der Waals surface area contributed by atoms with Crippen LogP contribution in [-0.2, 0) is 0 Å². The van der Waals surface area contributed by atoms with Crippen molar-refractivity contribution < 1.29 is 18.4 Å². The first-order valence-electron chi connectivity index (χ1n) is 7.16. The summed E-state index contributed by atoms with van der Waals surface area (Å²) in [4.78, 5) is 25.5. The minimum atomic E-state index is -0.740. The fourth-order valence-corrected chi connectivity index (χ4v) is 2.00. The van der Waals surface area contributed by atoms with E-state index in [1.807, 2.05) is 0 Å². The largest absolute Gasteiger partial charge is 0.323 e. The van der Waals surface area contributed by atoms with Crippen LogP contribution in [-0.4, -0.2) is 37.4 Å². The average Bonchev–Trinajstić information content (AvgIpc) is 2.51. The van der Waals surface area contributed by atoms with Gasteiger partial charge in [0.1, 0.15) is 11.6 Å². The van der Waals surface area contributed by atoms with Gasteiger partial charge >= 0.3 is 6.03 Å². The zero-order valence-electron chi connectivity index (χ0n) is 13.3. The van der Waals surface area contributed by atoms with Crippen LogP contribution < -0.4 is 10.6 Å². The Balaban J connectivity index is 1.99. The molecule has 2 N–H and O–H groups in total. The summed E-state index contributed by atoms with van der Waals surface area (Å²) in [5.41, 5.74) is 0.682. The standard InChI is InChI=1S/C17H17F2N3O2/c1-22(2)10-16(23)11-3-6-13(7-4-11)20-17(24)21-15-9-12(18)5-8-14(15)19/h3-9H,10H2,1-2H3,(H2,20,21,24). The molecule has 0 fully saturated rings. The van der Waals surface area contributed by atoms with Crippen molar-refractivity contribution >= 4 is 23.2 Å². The van der Waals surface area contributed by atoms with E-state index >= 15 is 0 Å². The molecule has 0 radical (unpaired) electrons. The third-order valence-corrected chi connectivity index (χ3v) is 3.10. The normalized spacial score (nSPS) is 10.5. The molecule has 0 bridgehead atoms. The lowest BCUT2D eigenvalue weighted by atomic mass is 10.1. The van der Waals surface area contributed by atoms with E-state index in [0.717, 1.165) is 18.2 Å². The molecule has 0 atom stereocenters. The fraction of sp³-hybridized carbons (Fsp3) is 0.176. The zero-order valence-corrected chi connectivity index (χ0v) is 13.3. The Morgan fingerprint density at radius 1 is 1.00 bits per heavy atom. The molecule has 0 aliphatic rings. The van der Waals surface area contributed by atoms with Gasteiger partial charge in [-0.2, -0.15) is 0 Å². The highest BCUT2D eigenvalue weighted by Crippen LogP contribution is 2.16. The van der Waals surface area contributed by atoms with Crippen molar-refractivity contribution in [3.8, 4) is 0 Å². The number of likely N-dealkylation sites (N-methyl/N-ethyl adjacent to an activating group) is 1. The lowest BCUT2D eigenvalue weighted by Gasteiger charge is -2.10. The Kier molecular flexibility index (Phi) is 5.59. The highest BCUT2D eigenvalue weighted by atomic mass is 19.1. The maximum absolute atomic E-state index is 13.5. The van der Waals surface area contributed by atoms with Crippen LogP contribution >= 0.6 is 0 Å². The molecule has 0 heterocycles. The van der Waals surface area contributed by atoms with Crippen LogP contribution in [0.1, 0.15) is 10.4 Å². The van der Waals surface area contributed by atoms with Gasteiger partial charge in [-0.1, -0.05) is 0 Å². The van der Waals surface area contributed by atoms with Crippen LogP contribution in [0.4, 0.5) is 25.0 Å². The van der Waals surface area contributed by atoms with Gasteiger partial charge in [-0.3, -0.25) is 4.79 Å². The minimum Gasteiger partial charge on any atom is -0.308 e. The van der Waals surface area contributed by atoms with Crippen LogP contribution in [0.25, 0.3) is 0 Å². The lowest BCUT2D eigenvalue weighted by Crippen LogP contribution is -2.22. The molecule has 2 amide bonds. The maximum atomic E-state index is 13.5. The van der Waals surface area contributed by atoms with Crippen LogP contribution in [0.5, 0.6) is 0 Å². The number of Topliss-reactive ketones (excluding diaryl/α,β-unsaturated/α-hetero) is 1.